The van der Waals surface area contributed by atoms with Crippen molar-refractivity contribution in [2.45, 2.75) is 50.1 Å². The molecule has 2 amide bonds. The van der Waals surface area contributed by atoms with Crippen LogP contribution in [-0.2, 0) is 14.3 Å². The van der Waals surface area contributed by atoms with E-state index < -0.39 is 5.97 Å². The number of amides is 2. The Morgan fingerprint density at radius 3 is 2.41 bits per heavy atom. The third-order valence-corrected chi connectivity index (χ3v) is 5.82. The molecule has 1 aliphatic heterocycles. The van der Waals surface area contributed by atoms with E-state index in [0.29, 0.717) is 10.5 Å². The van der Waals surface area contributed by atoms with Gasteiger partial charge in [-0.1, -0.05) is 12.1 Å². The average molecular weight is 393 g/mol. The van der Waals surface area contributed by atoms with Gasteiger partial charge in [-0.15, -0.1) is 11.8 Å². The lowest BCUT2D eigenvalue weighted by Crippen LogP contribution is -2.49. The first-order valence-electron chi connectivity index (χ1n) is 9.21. The first kappa shape index (κ1) is 21.3. The van der Waals surface area contributed by atoms with Gasteiger partial charge in [-0.2, -0.15) is 0 Å². The molecule has 1 fully saturated rings. The summed E-state index contributed by atoms with van der Waals surface area (Å²) in [7, 11) is 3.38. The van der Waals surface area contributed by atoms with Gasteiger partial charge in [-0.25, -0.2) is 4.79 Å². The van der Waals surface area contributed by atoms with E-state index >= 15 is 0 Å². The number of rotatable bonds is 6. The lowest BCUT2D eigenvalue weighted by Gasteiger charge is -2.38. The summed E-state index contributed by atoms with van der Waals surface area (Å²) in [5.41, 5.74) is 0.376. The minimum absolute atomic E-state index is 0.0357. The van der Waals surface area contributed by atoms with Crippen LogP contribution in [0.15, 0.2) is 29.2 Å². The van der Waals surface area contributed by atoms with Crippen LogP contribution in [-0.4, -0.2) is 66.1 Å². The zero-order valence-corrected chi connectivity index (χ0v) is 17.3. The molecular formula is C20H28N2O4S. The largest absolute Gasteiger partial charge is 0.452 e. The van der Waals surface area contributed by atoms with Crippen LogP contribution in [0.3, 0.4) is 0 Å². The van der Waals surface area contributed by atoms with Crippen molar-refractivity contribution in [3.05, 3.63) is 29.8 Å². The van der Waals surface area contributed by atoms with Gasteiger partial charge in [0.25, 0.3) is 5.91 Å². The van der Waals surface area contributed by atoms with E-state index in [-0.39, 0.29) is 36.3 Å². The first-order chi connectivity index (χ1) is 12.8. The second-order valence-electron chi connectivity index (χ2n) is 7.08. The van der Waals surface area contributed by atoms with Crippen LogP contribution in [0, 0.1) is 0 Å². The lowest BCUT2D eigenvalue weighted by atomic mass is 9.97. The molecule has 0 unspecified atom stereocenters. The van der Waals surface area contributed by atoms with Crippen molar-refractivity contribution in [2.24, 2.45) is 0 Å². The highest BCUT2D eigenvalue weighted by Gasteiger charge is 2.29. The summed E-state index contributed by atoms with van der Waals surface area (Å²) in [4.78, 5) is 40.8. The maximum absolute atomic E-state index is 12.5. The first-order valence-corrected chi connectivity index (χ1v) is 10.2. The summed E-state index contributed by atoms with van der Waals surface area (Å²) in [6.07, 6.45) is 3.06. The molecular weight excluding hydrogens is 364 g/mol. The number of hydrogen-bond donors (Lipinski definition) is 0. The predicted octanol–water partition coefficient (Wildman–Crippen LogP) is 2.81. The Kier molecular flexibility index (Phi) is 7.71. The van der Waals surface area contributed by atoms with Gasteiger partial charge in [0, 0.05) is 31.1 Å². The molecule has 1 aromatic carbocycles. The number of hydrogen-bond acceptors (Lipinski definition) is 5. The highest BCUT2D eigenvalue weighted by molar-refractivity contribution is 8.00. The third kappa shape index (κ3) is 5.73. The molecule has 0 aromatic heterocycles. The van der Waals surface area contributed by atoms with Gasteiger partial charge in [0.15, 0.2) is 6.61 Å². The van der Waals surface area contributed by atoms with Crippen LogP contribution >= 0.6 is 11.8 Å². The number of likely N-dealkylation sites (tertiary alicyclic amines) is 1. The van der Waals surface area contributed by atoms with Crippen molar-refractivity contribution in [2.75, 3.05) is 26.5 Å². The molecule has 1 aromatic rings. The van der Waals surface area contributed by atoms with Crippen molar-refractivity contribution >= 4 is 29.5 Å². The van der Waals surface area contributed by atoms with Crippen LogP contribution in [0.2, 0.25) is 0 Å². The fourth-order valence-electron chi connectivity index (χ4n) is 3.22. The summed E-state index contributed by atoms with van der Waals surface area (Å²) in [6, 6.07) is 7.31. The summed E-state index contributed by atoms with van der Waals surface area (Å²) in [5, 5.41) is 0. The van der Waals surface area contributed by atoms with E-state index in [9.17, 15) is 14.4 Å². The molecule has 0 spiro atoms. The Morgan fingerprint density at radius 1 is 1.15 bits per heavy atom. The normalized spacial score (nSPS) is 19.5. The fraction of sp³-hybridized carbons (Fsp3) is 0.550. The minimum Gasteiger partial charge on any atom is -0.452 e. The number of esters is 1. The Morgan fingerprint density at radius 2 is 1.78 bits per heavy atom. The number of nitrogens with zero attached hydrogens (tertiary/aromatic N) is 2. The zero-order chi connectivity index (χ0) is 20.0. The minimum atomic E-state index is -0.541. The van der Waals surface area contributed by atoms with E-state index in [1.54, 1.807) is 32.3 Å². The number of ether oxygens (including phenoxy) is 1. The van der Waals surface area contributed by atoms with Gasteiger partial charge < -0.3 is 14.5 Å². The smallest absolute Gasteiger partial charge is 0.339 e. The molecule has 2 rings (SSSR count). The molecule has 1 aliphatic rings. The summed E-state index contributed by atoms with van der Waals surface area (Å²) in [6.45, 7) is 3.80. The van der Waals surface area contributed by atoms with Crippen molar-refractivity contribution in [1.82, 2.24) is 9.80 Å². The van der Waals surface area contributed by atoms with Gasteiger partial charge in [0.1, 0.15) is 0 Å². The number of carbonyl (C=O) groups excluding carboxylic acids is 3. The SMILES string of the molecule is C[C@@H]1CCC[C@H](C)N1C(=O)COC(=O)c1ccccc1SCC(=O)N(C)C. The van der Waals surface area contributed by atoms with E-state index in [4.69, 9.17) is 4.74 Å². The topological polar surface area (TPSA) is 66.9 Å². The van der Waals surface area contributed by atoms with Crippen LogP contribution in [0.25, 0.3) is 0 Å². The molecule has 0 bridgehead atoms. The van der Waals surface area contributed by atoms with E-state index in [2.05, 4.69) is 0 Å². The number of piperidine rings is 1. The highest BCUT2D eigenvalue weighted by atomic mass is 32.2. The van der Waals surface area contributed by atoms with Crippen molar-refractivity contribution < 1.29 is 19.1 Å². The Balaban J connectivity index is 1.97. The number of thioether (sulfide) groups is 1. The van der Waals surface area contributed by atoms with Gasteiger partial charge in [0.05, 0.1) is 11.3 Å². The van der Waals surface area contributed by atoms with Crippen molar-refractivity contribution in [1.29, 1.82) is 0 Å². The molecule has 1 saturated heterocycles. The molecule has 0 saturated carbocycles. The molecule has 7 heteroatoms. The second kappa shape index (κ2) is 9.78. The molecule has 2 atom stereocenters. The van der Waals surface area contributed by atoms with Gasteiger partial charge in [-0.05, 0) is 45.2 Å². The molecule has 148 valence electrons. The molecule has 1 heterocycles. The van der Waals surface area contributed by atoms with Crippen LogP contribution in [0.4, 0.5) is 0 Å². The third-order valence-electron chi connectivity index (χ3n) is 4.77. The molecule has 0 N–H and O–H groups in total. The summed E-state index contributed by atoms with van der Waals surface area (Å²) in [5.74, 6) is -0.498. The maximum Gasteiger partial charge on any atom is 0.339 e. The molecule has 6 nitrogen and oxygen atoms in total. The van der Waals surface area contributed by atoms with Gasteiger partial charge in [-0.3, -0.25) is 9.59 Å². The van der Waals surface area contributed by atoms with E-state index in [1.807, 2.05) is 24.8 Å². The Hall–Kier alpha value is -2.02. The van der Waals surface area contributed by atoms with Gasteiger partial charge >= 0.3 is 5.97 Å². The standard InChI is InChI=1S/C20H28N2O4S/c1-14-8-7-9-15(2)22(14)18(23)12-26-20(25)16-10-5-6-11-17(16)27-13-19(24)21(3)4/h5-6,10-11,14-15H,7-9,12-13H2,1-4H3/t14-,15+. The summed E-state index contributed by atoms with van der Waals surface area (Å²) >= 11 is 1.29. The van der Waals surface area contributed by atoms with Crippen LogP contribution in [0.1, 0.15) is 43.5 Å². The van der Waals surface area contributed by atoms with Crippen LogP contribution in [0.5, 0.6) is 0 Å². The average Bonchev–Trinajstić information content (AvgIpc) is 2.64. The highest BCUT2D eigenvalue weighted by Crippen LogP contribution is 2.25. The molecule has 27 heavy (non-hydrogen) atoms. The second-order valence-corrected chi connectivity index (χ2v) is 8.10. The maximum atomic E-state index is 12.5. The Labute approximate surface area is 165 Å². The number of benzene rings is 1. The van der Waals surface area contributed by atoms with Crippen LogP contribution < -0.4 is 0 Å². The van der Waals surface area contributed by atoms with Crippen molar-refractivity contribution in [3.8, 4) is 0 Å². The lowest BCUT2D eigenvalue weighted by molar-refractivity contribution is -0.140. The van der Waals surface area contributed by atoms with E-state index in [1.165, 1.54) is 16.7 Å². The molecule has 0 aliphatic carbocycles. The van der Waals surface area contributed by atoms with E-state index in [0.717, 1.165) is 19.3 Å². The molecule has 0 radical (unpaired) electrons. The summed E-state index contributed by atoms with van der Waals surface area (Å²) < 4.78 is 5.30. The van der Waals surface area contributed by atoms with Crippen molar-refractivity contribution in [3.63, 3.8) is 0 Å². The number of carbonyl (C=O) groups is 3. The predicted molar refractivity (Wildman–Crippen MR) is 106 cm³/mol. The Bertz CT molecular complexity index is 682. The fourth-order valence-corrected chi connectivity index (χ4v) is 4.24. The zero-order valence-electron chi connectivity index (χ0n) is 16.4. The monoisotopic (exact) mass is 392 g/mol. The quantitative estimate of drug-likeness (QED) is 0.550. The van der Waals surface area contributed by atoms with Gasteiger partial charge in [0.2, 0.25) is 5.91 Å².